The second-order valence-electron chi connectivity index (χ2n) is 5.06. The molecule has 1 aromatic rings. The Morgan fingerprint density at radius 3 is 2.85 bits per heavy atom. The molecule has 112 valence electrons. The molecule has 6 nitrogen and oxygen atoms in total. The molecule has 0 aliphatic carbocycles. The molecule has 7 heteroatoms. The Bertz CT molecular complexity index is 530. The first-order valence-corrected chi connectivity index (χ1v) is 8.23. The molecule has 0 aromatic carbocycles. The van der Waals surface area contributed by atoms with Crippen molar-refractivity contribution in [3.8, 4) is 0 Å². The molecule has 2 heterocycles. The highest BCUT2D eigenvalue weighted by molar-refractivity contribution is 7.89. The maximum Gasteiger partial charge on any atom is 0.258 e. The van der Waals surface area contributed by atoms with E-state index in [9.17, 15) is 8.42 Å². The number of hydrogen-bond acceptors (Lipinski definition) is 5. The molecule has 1 fully saturated rings. The van der Waals surface area contributed by atoms with Crippen LogP contribution < -0.4 is 10.0 Å². The third kappa shape index (κ3) is 3.99. The maximum absolute atomic E-state index is 12.2. The van der Waals surface area contributed by atoms with Crippen molar-refractivity contribution >= 4 is 10.0 Å². The van der Waals surface area contributed by atoms with Gasteiger partial charge in [0.15, 0.2) is 5.03 Å². The number of ether oxygens (including phenoxy) is 1. The van der Waals surface area contributed by atoms with Crippen molar-refractivity contribution in [3.05, 3.63) is 23.9 Å². The van der Waals surface area contributed by atoms with Crippen molar-refractivity contribution in [2.24, 2.45) is 0 Å². The fraction of sp³-hybridized carbons (Fsp3) is 0.615. The van der Waals surface area contributed by atoms with Gasteiger partial charge in [-0.3, -0.25) is 0 Å². The van der Waals surface area contributed by atoms with Crippen LogP contribution in [0.1, 0.15) is 25.3 Å². The lowest BCUT2D eigenvalue weighted by Gasteiger charge is -2.27. The normalized spacial score (nSPS) is 23.7. The molecule has 1 aliphatic heterocycles. The fourth-order valence-corrected chi connectivity index (χ4v) is 3.48. The number of pyridine rings is 1. The zero-order valence-electron chi connectivity index (χ0n) is 11.8. The van der Waals surface area contributed by atoms with Gasteiger partial charge in [-0.15, -0.1) is 0 Å². The predicted molar refractivity (Wildman–Crippen MR) is 75.8 cm³/mol. The van der Waals surface area contributed by atoms with E-state index in [1.54, 1.807) is 12.3 Å². The van der Waals surface area contributed by atoms with E-state index < -0.39 is 10.0 Å². The zero-order chi connectivity index (χ0) is 14.6. The lowest BCUT2D eigenvalue weighted by molar-refractivity contribution is 0.0173. The number of sulfonamides is 1. The average molecular weight is 299 g/mol. The number of nitrogens with one attached hydrogen (secondary N) is 2. The molecule has 0 spiro atoms. The highest BCUT2D eigenvalue weighted by Crippen LogP contribution is 2.16. The minimum Gasteiger partial charge on any atom is -0.378 e. The van der Waals surface area contributed by atoms with Gasteiger partial charge in [-0.2, -0.15) is 0 Å². The lowest BCUT2D eigenvalue weighted by Crippen LogP contribution is -2.41. The Kier molecular flexibility index (Phi) is 5.09. The van der Waals surface area contributed by atoms with E-state index in [-0.39, 0.29) is 17.2 Å². The van der Waals surface area contributed by atoms with Crippen LogP contribution in [-0.4, -0.2) is 39.2 Å². The maximum atomic E-state index is 12.2. The first-order valence-electron chi connectivity index (χ1n) is 6.75. The second-order valence-corrected chi connectivity index (χ2v) is 6.72. The van der Waals surface area contributed by atoms with Crippen LogP contribution in [0.3, 0.4) is 0 Å². The molecule has 1 aromatic heterocycles. The molecule has 2 atom stereocenters. The summed E-state index contributed by atoms with van der Waals surface area (Å²) in [6, 6.07) is 3.23. The van der Waals surface area contributed by atoms with E-state index >= 15 is 0 Å². The van der Waals surface area contributed by atoms with Gasteiger partial charge in [0.05, 0.1) is 6.10 Å². The van der Waals surface area contributed by atoms with Gasteiger partial charge in [0, 0.05) is 25.4 Å². The molecular formula is C13H21N3O3S. The number of hydrogen-bond donors (Lipinski definition) is 2. The lowest BCUT2D eigenvalue weighted by atomic mass is 10.1. The molecule has 0 radical (unpaired) electrons. The second kappa shape index (κ2) is 6.62. The molecule has 0 saturated carbocycles. The minimum atomic E-state index is -3.55. The van der Waals surface area contributed by atoms with Gasteiger partial charge in [-0.25, -0.2) is 18.1 Å². The van der Waals surface area contributed by atoms with Gasteiger partial charge in [0.1, 0.15) is 0 Å². The fourth-order valence-electron chi connectivity index (χ4n) is 2.26. The Hall–Kier alpha value is -1.02. The highest BCUT2D eigenvalue weighted by Gasteiger charge is 2.25. The Morgan fingerprint density at radius 1 is 1.45 bits per heavy atom. The number of rotatable bonds is 5. The summed E-state index contributed by atoms with van der Waals surface area (Å²) in [4.78, 5) is 4.03. The van der Waals surface area contributed by atoms with Crippen molar-refractivity contribution in [1.82, 2.24) is 15.0 Å². The van der Waals surface area contributed by atoms with E-state index in [4.69, 9.17) is 4.74 Å². The van der Waals surface area contributed by atoms with Crippen LogP contribution in [0.15, 0.2) is 23.4 Å². The summed E-state index contributed by atoms with van der Waals surface area (Å²) < 4.78 is 32.6. The number of nitrogens with zero attached hydrogens (tertiary/aromatic N) is 1. The molecule has 0 bridgehead atoms. The highest BCUT2D eigenvalue weighted by atomic mass is 32.2. The van der Waals surface area contributed by atoms with E-state index in [1.165, 1.54) is 6.07 Å². The van der Waals surface area contributed by atoms with Crippen LogP contribution in [0.2, 0.25) is 0 Å². The van der Waals surface area contributed by atoms with E-state index in [1.807, 2.05) is 14.0 Å². The van der Waals surface area contributed by atoms with Gasteiger partial charge < -0.3 is 10.1 Å². The SMILES string of the molecule is CNCc1ccc(S(=O)(=O)NC2CCOC(C)C2)nc1. The summed E-state index contributed by atoms with van der Waals surface area (Å²) in [6.45, 7) is 3.20. The molecular weight excluding hydrogens is 278 g/mol. The summed E-state index contributed by atoms with van der Waals surface area (Å²) >= 11 is 0. The average Bonchev–Trinajstić information content (AvgIpc) is 2.39. The Balaban J connectivity index is 2.05. The van der Waals surface area contributed by atoms with E-state index in [0.29, 0.717) is 26.0 Å². The third-order valence-corrected chi connectivity index (χ3v) is 4.70. The van der Waals surface area contributed by atoms with Crippen molar-refractivity contribution in [2.75, 3.05) is 13.7 Å². The van der Waals surface area contributed by atoms with Gasteiger partial charge in [0.2, 0.25) is 0 Å². The summed E-state index contributed by atoms with van der Waals surface area (Å²) in [6.07, 6.45) is 3.05. The summed E-state index contributed by atoms with van der Waals surface area (Å²) in [5, 5.41) is 3.06. The quantitative estimate of drug-likeness (QED) is 0.834. The first-order chi connectivity index (χ1) is 9.51. The van der Waals surface area contributed by atoms with Gasteiger partial charge >= 0.3 is 0 Å². The molecule has 2 N–H and O–H groups in total. The minimum absolute atomic E-state index is 0.0662. The molecule has 20 heavy (non-hydrogen) atoms. The summed E-state index contributed by atoms with van der Waals surface area (Å²) in [5.41, 5.74) is 0.950. The molecule has 2 rings (SSSR count). The predicted octanol–water partition coefficient (Wildman–Crippen LogP) is 0.647. The van der Waals surface area contributed by atoms with Crippen LogP contribution in [0, 0.1) is 0 Å². The van der Waals surface area contributed by atoms with Gasteiger partial charge in [-0.1, -0.05) is 6.07 Å². The van der Waals surface area contributed by atoms with Crippen LogP contribution in [0.4, 0.5) is 0 Å². The van der Waals surface area contributed by atoms with E-state index in [0.717, 1.165) is 5.56 Å². The molecule has 2 unspecified atom stereocenters. The van der Waals surface area contributed by atoms with Gasteiger partial charge in [-0.05, 0) is 38.4 Å². The smallest absolute Gasteiger partial charge is 0.258 e. The van der Waals surface area contributed by atoms with Crippen LogP contribution in [0.25, 0.3) is 0 Å². The molecule has 1 aliphatic rings. The van der Waals surface area contributed by atoms with Crippen molar-refractivity contribution in [3.63, 3.8) is 0 Å². The van der Waals surface area contributed by atoms with Crippen LogP contribution >= 0.6 is 0 Å². The van der Waals surface area contributed by atoms with Crippen molar-refractivity contribution < 1.29 is 13.2 Å². The summed E-state index contributed by atoms with van der Waals surface area (Å²) in [5.74, 6) is 0. The number of aromatic nitrogens is 1. The summed E-state index contributed by atoms with van der Waals surface area (Å²) in [7, 11) is -1.72. The monoisotopic (exact) mass is 299 g/mol. The molecule has 0 amide bonds. The first kappa shape index (κ1) is 15.4. The third-order valence-electron chi connectivity index (χ3n) is 3.26. The van der Waals surface area contributed by atoms with Crippen molar-refractivity contribution in [2.45, 2.75) is 43.5 Å². The zero-order valence-corrected chi connectivity index (χ0v) is 12.6. The van der Waals surface area contributed by atoms with E-state index in [2.05, 4.69) is 15.0 Å². The van der Waals surface area contributed by atoms with Gasteiger partial charge in [0.25, 0.3) is 10.0 Å². The topological polar surface area (TPSA) is 80.3 Å². The van der Waals surface area contributed by atoms with Crippen LogP contribution in [-0.2, 0) is 21.3 Å². The standard InChI is InChI=1S/C13H21N3O3S/c1-10-7-12(5-6-19-10)16-20(17,18)13-4-3-11(8-14-2)9-15-13/h3-4,9-10,12,14,16H,5-8H2,1-2H3. The largest absolute Gasteiger partial charge is 0.378 e. The van der Waals surface area contributed by atoms with Crippen molar-refractivity contribution in [1.29, 1.82) is 0 Å². The molecule has 1 saturated heterocycles. The Labute approximate surface area is 120 Å². The Morgan fingerprint density at radius 2 is 2.25 bits per heavy atom. The van der Waals surface area contributed by atoms with Crippen LogP contribution in [0.5, 0.6) is 0 Å².